The Kier molecular flexibility index (Phi) is 6.04. The maximum atomic E-state index is 13.3. The summed E-state index contributed by atoms with van der Waals surface area (Å²) < 4.78 is 13.3. The molecule has 0 aliphatic heterocycles. The zero-order valence-corrected chi connectivity index (χ0v) is 11.2. The van der Waals surface area contributed by atoms with Crippen molar-refractivity contribution in [1.82, 2.24) is 4.90 Å². The van der Waals surface area contributed by atoms with Gasteiger partial charge in [0.25, 0.3) is 5.91 Å². The van der Waals surface area contributed by atoms with E-state index in [1.54, 1.807) is 11.9 Å². The lowest BCUT2D eigenvalue weighted by molar-refractivity contribution is 0.0792. The maximum absolute atomic E-state index is 13.3. The molecule has 3 nitrogen and oxygen atoms in total. The second-order valence-corrected chi connectivity index (χ2v) is 4.23. The van der Waals surface area contributed by atoms with Gasteiger partial charge in [-0.1, -0.05) is 25.2 Å². The summed E-state index contributed by atoms with van der Waals surface area (Å²) in [7, 11) is 1.69. The molecule has 0 unspecified atom stereocenters. The van der Waals surface area contributed by atoms with Crippen molar-refractivity contribution in [2.24, 2.45) is 0 Å². The molecule has 0 saturated carbocycles. The van der Waals surface area contributed by atoms with Crippen LogP contribution in [-0.4, -0.2) is 36.1 Å². The fraction of sp³-hybridized carbons (Fsp3) is 0.400. The highest BCUT2D eigenvalue weighted by Crippen LogP contribution is 2.13. The third kappa shape index (κ3) is 4.38. The molecule has 19 heavy (non-hydrogen) atoms. The summed E-state index contributed by atoms with van der Waals surface area (Å²) >= 11 is 0. The van der Waals surface area contributed by atoms with Crippen LogP contribution in [0.25, 0.3) is 0 Å². The molecule has 0 aliphatic carbocycles. The standard InChI is InChI=1S/C15H18FNO2/c1-3-4-9-17(2)15(19)14-11-13(16)8-7-12(14)6-5-10-18/h7-8,11,18H,3-4,9-10H2,1-2H3. The Labute approximate surface area is 113 Å². The van der Waals surface area contributed by atoms with Crippen LogP contribution in [0.3, 0.4) is 0 Å². The van der Waals surface area contributed by atoms with Crippen molar-refractivity contribution >= 4 is 5.91 Å². The first-order valence-electron chi connectivity index (χ1n) is 6.25. The Morgan fingerprint density at radius 3 is 2.84 bits per heavy atom. The van der Waals surface area contributed by atoms with E-state index in [1.807, 2.05) is 6.92 Å². The van der Waals surface area contributed by atoms with Gasteiger partial charge in [-0.25, -0.2) is 4.39 Å². The molecule has 0 atom stereocenters. The van der Waals surface area contributed by atoms with E-state index in [2.05, 4.69) is 11.8 Å². The van der Waals surface area contributed by atoms with Gasteiger partial charge in [-0.15, -0.1) is 0 Å². The van der Waals surface area contributed by atoms with Crippen molar-refractivity contribution in [3.63, 3.8) is 0 Å². The molecule has 0 spiro atoms. The van der Waals surface area contributed by atoms with Crippen molar-refractivity contribution in [2.75, 3.05) is 20.2 Å². The predicted molar refractivity (Wildman–Crippen MR) is 72.2 cm³/mol. The van der Waals surface area contributed by atoms with Crippen LogP contribution >= 0.6 is 0 Å². The van der Waals surface area contributed by atoms with E-state index in [0.29, 0.717) is 12.1 Å². The number of hydrogen-bond acceptors (Lipinski definition) is 2. The lowest BCUT2D eigenvalue weighted by atomic mass is 10.1. The minimum Gasteiger partial charge on any atom is -0.384 e. The molecule has 0 aromatic heterocycles. The SMILES string of the molecule is CCCCN(C)C(=O)c1cc(F)ccc1C#CCO. The average Bonchev–Trinajstić information content (AvgIpc) is 2.42. The minimum atomic E-state index is -0.471. The number of aliphatic hydroxyl groups is 1. The molecule has 0 saturated heterocycles. The van der Waals surface area contributed by atoms with E-state index < -0.39 is 5.82 Å². The van der Waals surface area contributed by atoms with Gasteiger partial charge in [-0.3, -0.25) is 4.79 Å². The number of benzene rings is 1. The average molecular weight is 263 g/mol. The topological polar surface area (TPSA) is 40.5 Å². The van der Waals surface area contributed by atoms with E-state index in [0.717, 1.165) is 12.8 Å². The number of aliphatic hydroxyl groups excluding tert-OH is 1. The predicted octanol–water partition coefficient (Wildman–Crippen LogP) is 2.04. The van der Waals surface area contributed by atoms with Crippen molar-refractivity contribution in [2.45, 2.75) is 19.8 Å². The molecule has 0 radical (unpaired) electrons. The molecule has 1 N–H and O–H groups in total. The normalized spacial score (nSPS) is 9.68. The van der Waals surface area contributed by atoms with Crippen molar-refractivity contribution < 1.29 is 14.3 Å². The summed E-state index contributed by atoms with van der Waals surface area (Å²) in [5.41, 5.74) is 0.670. The van der Waals surface area contributed by atoms with Crippen LogP contribution < -0.4 is 0 Å². The number of carbonyl (C=O) groups excluding carboxylic acids is 1. The molecule has 1 amide bonds. The van der Waals surface area contributed by atoms with Crippen molar-refractivity contribution in [3.05, 3.63) is 35.1 Å². The van der Waals surface area contributed by atoms with Gasteiger partial charge in [0.15, 0.2) is 0 Å². The molecule has 102 valence electrons. The van der Waals surface area contributed by atoms with Crippen molar-refractivity contribution in [3.8, 4) is 11.8 Å². The van der Waals surface area contributed by atoms with Gasteiger partial charge >= 0.3 is 0 Å². The van der Waals surface area contributed by atoms with Crippen LogP contribution in [0.1, 0.15) is 35.7 Å². The van der Waals surface area contributed by atoms with Gasteiger partial charge in [-0.05, 0) is 24.6 Å². The lowest BCUT2D eigenvalue weighted by Crippen LogP contribution is -2.28. The Hall–Kier alpha value is -1.86. The Morgan fingerprint density at radius 1 is 1.47 bits per heavy atom. The molecular formula is C15H18FNO2. The Morgan fingerprint density at radius 2 is 2.21 bits per heavy atom. The second-order valence-electron chi connectivity index (χ2n) is 4.23. The van der Waals surface area contributed by atoms with Crippen LogP contribution in [0.15, 0.2) is 18.2 Å². The molecule has 1 aromatic carbocycles. The third-order valence-corrected chi connectivity index (χ3v) is 2.71. The summed E-state index contributed by atoms with van der Waals surface area (Å²) in [5, 5.41) is 8.69. The lowest BCUT2D eigenvalue weighted by Gasteiger charge is -2.17. The maximum Gasteiger partial charge on any atom is 0.254 e. The number of rotatable bonds is 4. The quantitative estimate of drug-likeness (QED) is 0.845. The number of hydrogen-bond donors (Lipinski definition) is 1. The molecule has 1 aromatic rings. The fourth-order valence-electron chi connectivity index (χ4n) is 1.64. The van der Waals surface area contributed by atoms with Crippen LogP contribution in [0.4, 0.5) is 4.39 Å². The summed E-state index contributed by atoms with van der Waals surface area (Å²) in [6.07, 6.45) is 1.88. The number of amides is 1. The van der Waals surface area contributed by atoms with Crippen LogP contribution in [-0.2, 0) is 0 Å². The van der Waals surface area contributed by atoms with Gasteiger partial charge in [0.05, 0.1) is 5.56 Å². The second kappa shape index (κ2) is 7.55. The van der Waals surface area contributed by atoms with Crippen LogP contribution in [0.5, 0.6) is 0 Å². The summed E-state index contributed by atoms with van der Waals surface area (Å²) in [5.74, 6) is 4.42. The van der Waals surface area contributed by atoms with E-state index in [9.17, 15) is 9.18 Å². The molecule has 0 bridgehead atoms. The highest BCUT2D eigenvalue weighted by molar-refractivity contribution is 5.96. The number of halogens is 1. The minimum absolute atomic E-state index is 0.236. The summed E-state index contributed by atoms with van der Waals surface area (Å²) in [6, 6.07) is 3.90. The first-order chi connectivity index (χ1) is 9.10. The van der Waals surface area contributed by atoms with Gasteiger partial charge in [0.2, 0.25) is 0 Å². The zero-order chi connectivity index (χ0) is 14.3. The Balaban J connectivity index is 3.03. The molecular weight excluding hydrogens is 245 g/mol. The third-order valence-electron chi connectivity index (χ3n) is 2.71. The molecule has 0 aliphatic rings. The summed E-state index contributed by atoms with van der Waals surface area (Å²) in [6.45, 7) is 2.37. The largest absolute Gasteiger partial charge is 0.384 e. The highest BCUT2D eigenvalue weighted by Gasteiger charge is 2.15. The molecule has 0 heterocycles. The van der Waals surface area contributed by atoms with Crippen LogP contribution in [0.2, 0.25) is 0 Å². The van der Waals surface area contributed by atoms with E-state index >= 15 is 0 Å². The van der Waals surface area contributed by atoms with Gasteiger partial charge in [0, 0.05) is 19.2 Å². The van der Waals surface area contributed by atoms with Crippen molar-refractivity contribution in [1.29, 1.82) is 0 Å². The van der Waals surface area contributed by atoms with E-state index in [4.69, 9.17) is 5.11 Å². The number of carbonyl (C=O) groups is 1. The molecule has 4 heteroatoms. The Bertz CT molecular complexity index is 503. The number of nitrogens with zero attached hydrogens (tertiary/aromatic N) is 1. The highest BCUT2D eigenvalue weighted by atomic mass is 19.1. The molecule has 1 rings (SSSR count). The zero-order valence-electron chi connectivity index (χ0n) is 11.2. The van der Waals surface area contributed by atoms with Gasteiger partial charge < -0.3 is 10.0 Å². The summed E-state index contributed by atoms with van der Waals surface area (Å²) in [4.78, 5) is 13.8. The monoisotopic (exact) mass is 263 g/mol. The van der Waals surface area contributed by atoms with Gasteiger partial charge in [-0.2, -0.15) is 0 Å². The smallest absolute Gasteiger partial charge is 0.254 e. The fourth-order valence-corrected chi connectivity index (χ4v) is 1.64. The van der Waals surface area contributed by atoms with E-state index in [-0.39, 0.29) is 18.1 Å². The molecule has 0 fully saturated rings. The number of unbranched alkanes of at least 4 members (excludes halogenated alkanes) is 1. The van der Waals surface area contributed by atoms with E-state index in [1.165, 1.54) is 18.2 Å². The first-order valence-corrected chi connectivity index (χ1v) is 6.25. The first kappa shape index (κ1) is 15.2. The van der Waals surface area contributed by atoms with Gasteiger partial charge in [0.1, 0.15) is 12.4 Å². The van der Waals surface area contributed by atoms with Crippen LogP contribution in [0, 0.1) is 17.7 Å².